The van der Waals surface area contributed by atoms with Gasteiger partial charge in [0.15, 0.2) is 6.10 Å². The second-order valence-electron chi connectivity index (χ2n) is 7.15. The molecule has 1 heterocycles. The zero-order chi connectivity index (χ0) is 21.0. The lowest BCUT2D eigenvalue weighted by atomic mass is 10.2. The lowest BCUT2D eigenvalue weighted by Gasteiger charge is -2.26. The molecule has 156 valence electrons. The van der Waals surface area contributed by atoms with E-state index in [0.29, 0.717) is 29.5 Å². The summed E-state index contributed by atoms with van der Waals surface area (Å²) in [6, 6.07) is 11.6. The van der Waals surface area contributed by atoms with Crippen LogP contribution in [0.2, 0.25) is 5.02 Å². The van der Waals surface area contributed by atoms with E-state index < -0.39 is 16.1 Å². The maximum absolute atomic E-state index is 12.9. The molecule has 2 aromatic carbocycles. The Hall–Kier alpha value is -2.09. The lowest BCUT2D eigenvalue weighted by Crippen LogP contribution is -2.35. The lowest BCUT2D eigenvalue weighted by molar-refractivity contribution is -0.122. The van der Waals surface area contributed by atoms with Crippen molar-refractivity contribution in [2.45, 2.75) is 44.1 Å². The molecule has 1 fully saturated rings. The quantitative estimate of drug-likeness (QED) is 0.735. The number of amides is 1. The Bertz CT molecular complexity index is 988. The van der Waals surface area contributed by atoms with Crippen LogP contribution in [0.4, 0.5) is 5.69 Å². The third kappa shape index (κ3) is 5.29. The van der Waals surface area contributed by atoms with E-state index in [1.807, 2.05) is 6.92 Å². The molecule has 1 aliphatic heterocycles. The minimum atomic E-state index is -3.57. The van der Waals surface area contributed by atoms with Gasteiger partial charge in [-0.15, -0.1) is 0 Å². The minimum Gasteiger partial charge on any atom is -0.481 e. The van der Waals surface area contributed by atoms with Gasteiger partial charge in [0, 0.05) is 23.8 Å². The maximum Gasteiger partial charge on any atom is 0.265 e. The molecule has 1 N–H and O–H groups in total. The number of carbonyl (C=O) groups is 1. The summed E-state index contributed by atoms with van der Waals surface area (Å²) in [7, 11) is -3.57. The number of hydrogen-bond donors (Lipinski definition) is 1. The monoisotopic (exact) mass is 436 g/mol. The van der Waals surface area contributed by atoms with Crippen LogP contribution in [0.1, 0.15) is 31.7 Å². The number of rotatable bonds is 6. The third-order valence-corrected chi connectivity index (χ3v) is 7.03. The molecule has 29 heavy (non-hydrogen) atoms. The van der Waals surface area contributed by atoms with Crippen molar-refractivity contribution >= 4 is 33.2 Å². The first-order valence-corrected chi connectivity index (χ1v) is 11.4. The average Bonchev–Trinajstić information content (AvgIpc) is 2.70. The highest BCUT2D eigenvalue weighted by molar-refractivity contribution is 7.89. The van der Waals surface area contributed by atoms with Crippen LogP contribution < -0.4 is 10.1 Å². The smallest absolute Gasteiger partial charge is 0.265 e. The largest absolute Gasteiger partial charge is 0.481 e. The summed E-state index contributed by atoms with van der Waals surface area (Å²) < 4.78 is 33.0. The first-order valence-electron chi connectivity index (χ1n) is 9.61. The SMILES string of the molecule is Cc1ccc(S(=O)(=O)N2CCCCC2)cc1NC(=O)[C@H](C)Oc1cccc(Cl)c1. The van der Waals surface area contributed by atoms with Crippen LogP contribution in [0.5, 0.6) is 5.75 Å². The summed E-state index contributed by atoms with van der Waals surface area (Å²) in [4.78, 5) is 12.8. The first kappa shape index (κ1) is 21.6. The Morgan fingerprint density at radius 3 is 2.55 bits per heavy atom. The minimum absolute atomic E-state index is 0.184. The predicted octanol–water partition coefficient (Wildman–Crippen LogP) is 4.23. The molecule has 6 nitrogen and oxygen atoms in total. The van der Waals surface area contributed by atoms with Crippen LogP contribution in [0.25, 0.3) is 0 Å². The van der Waals surface area contributed by atoms with Gasteiger partial charge in [0.2, 0.25) is 10.0 Å². The standard InChI is InChI=1S/C21H25ClN2O4S/c1-15-9-10-19(29(26,27)24-11-4-3-5-12-24)14-20(15)23-21(25)16(2)28-18-8-6-7-17(22)13-18/h6-10,13-14,16H,3-5,11-12H2,1-2H3,(H,23,25)/t16-/m0/s1. The van der Waals surface area contributed by atoms with Crippen molar-refractivity contribution in [3.8, 4) is 5.75 Å². The van der Waals surface area contributed by atoms with Gasteiger partial charge in [-0.05, 0) is 62.6 Å². The molecule has 1 aliphatic rings. The van der Waals surface area contributed by atoms with E-state index in [9.17, 15) is 13.2 Å². The Balaban J connectivity index is 1.75. The van der Waals surface area contributed by atoms with E-state index >= 15 is 0 Å². The number of sulfonamides is 1. The number of ether oxygens (including phenoxy) is 1. The number of aryl methyl sites for hydroxylation is 1. The van der Waals surface area contributed by atoms with E-state index in [-0.39, 0.29) is 10.8 Å². The highest BCUT2D eigenvalue weighted by atomic mass is 35.5. The molecule has 1 amide bonds. The van der Waals surface area contributed by atoms with E-state index in [1.165, 1.54) is 10.4 Å². The number of halogens is 1. The molecule has 0 radical (unpaired) electrons. The van der Waals surface area contributed by atoms with Crippen molar-refractivity contribution in [3.05, 3.63) is 53.1 Å². The van der Waals surface area contributed by atoms with E-state index in [2.05, 4.69) is 5.32 Å². The van der Waals surface area contributed by atoms with E-state index in [0.717, 1.165) is 24.8 Å². The third-order valence-electron chi connectivity index (χ3n) is 4.90. The molecule has 0 aromatic heterocycles. The summed E-state index contributed by atoms with van der Waals surface area (Å²) in [5.41, 5.74) is 1.22. The molecule has 0 aliphatic carbocycles. The number of hydrogen-bond acceptors (Lipinski definition) is 4. The van der Waals surface area contributed by atoms with E-state index in [1.54, 1.807) is 43.3 Å². The Labute approximate surface area is 176 Å². The average molecular weight is 437 g/mol. The number of nitrogens with one attached hydrogen (secondary N) is 1. The highest BCUT2D eigenvalue weighted by Crippen LogP contribution is 2.26. The molecule has 1 atom stereocenters. The second-order valence-corrected chi connectivity index (χ2v) is 9.52. The van der Waals surface area contributed by atoms with Gasteiger partial charge in [0.25, 0.3) is 5.91 Å². The van der Waals surface area contributed by atoms with Crippen LogP contribution in [0.15, 0.2) is 47.4 Å². The van der Waals surface area contributed by atoms with Crippen molar-refractivity contribution in [3.63, 3.8) is 0 Å². The van der Waals surface area contributed by atoms with Gasteiger partial charge >= 0.3 is 0 Å². The zero-order valence-corrected chi connectivity index (χ0v) is 18.1. The van der Waals surface area contributed by atoms with Crippen LogP contribution >= 0.6 is 11.6 Å². The van der Waals surface area contributed by atoms with Crippen molar-refractivity contribution in [2.75, 3.05) is 18.4 Å². The van der Waals surface area contributed by atoms with Crippen LogP contribution in [-0.4, -0.2) is 37.8 Å². The topological polar surface area (TPSA) is 75.7 Å². The van der Waals surface area contributed by atoms with Gasteiger partial charge in [0.1, 0.15) is 5.75 Å². The first-order chi connectivity index (χ1) is 13.8. The summed E-state index contributed by atoms with van der Waals surface area (Å²) in [5.74, 6) is 0.110. The Morgan fingerprint density at radius 1 is 1.14 bits per heavy atom. The molecular weight excluding hydrogens is 412 g/mol. The van der Waals surface area contributed by atoms with Gasteiger partial charge < -0.3 is 10.1 Å². The van der Waals surface area contributed by atoms with Gasteiger partial charge in [-0.1, -0.05) is 30.2 Å². The second kappa shape index (κ2) is 9.15. The number of nitrogens with zero attached hydrogens (tertiary/aromatic N) is 1. The molecule has 0 spiro atoms. The van der Waals surface area contributed by atoms with Crippen molar-refractivity contribution in [2.24, 2.45) is 0 Å². The fraction of sp³-hybridized carbons (Fsp3) is 0.381. The van der Waals surface area contributed by atoms with Crippen LogP contribution in [-0.2, 0) is 14.8 Å². The number of carbonyl (C=O) groups excluding carboxylic acids is 1. The van der Waals surface area contributed by atoms with E-state index in [4.69, 9.17) is 16.3 Å². The molecule has 2 aromatic rings. The molecule has 0 saturated carbocycles. The summed E-state index contributed by atoms with van der Waals surface area (Å²) in [6.07, 6.45) is 2.00. The number of benzene rings is 2. The Morgan fingerprint density at radius 2 is 1.86 bits per heavy atom. The molecule has 1 saturated heterocycles. The highest BCUT2D eigenvalue weighted by Gasteiger charge is 2.26. The summed E-state index contributed by atoms with van der Waals surface area (Å²) in [6.45, 7) is 4.50. The predicted molar refractivity (Wildman–Crippen MR) is 114 cm³/mol. The van der Waals surface area contributed by atoms with Crippen molar-refractivity contribution in [1.82, 2.24) is 4.31 Å². The molecule has 0 bridgehead atoms. The van der Waals surface area contributed by atoms with Gasteiger partial charge in [-0.2, -0.15) is 4.31 Å². The number of piperidine rings is 1. The van der Waals surface area contributed by atoms with Gasteiger partial charge in [0.05, 0.1) is 4.90 Å². The van der Waals surface area contributed by atoms with Crippen LogP contribution in [0.3, 0.4) is 0 Å². The van der Waals surface area contributed by atoms with Crippen LogP contribution in [0, 0.1) is 6.92 Å². The zero-order valence-electron chi connectivity index (χ0n) is 16.5. The maximum atomic E-state index is 12.9. The molecule has 3 rings (SSSR count). The summed E-state index contributed by atoms with van der Waals surface area (Å²) in [5, 5.41) is 3.30. The fourth-order valence-electron chi connectivity index (χ4n) is 3.18. The summed E-state index contributed by atoms with van der Waals surface area (Å²) >= 11 is 5.94. The van der Waals surface area contributed by atoms with Gasteiger partial charge in [-0.25, -0.2) is 8.42 Å². The van der Waals surface area contributed by atoms with Crippen molar-refractivity contribution in [1.29, 1.82) is 0 Å². The van der Waals surface area contributed by atoms with Gasteiger partial charge in [-0.3, -0.25) is 4.79 Å². The Kier molecular flexibility index (Phi) is 6.82. The van der Waals surface area contributed by atoms with Crippen molar-refractivity contribution < 1.29 is 17.9 Å². The number of anilines is 1. The fourth-order valence-corrected chi connectivity index (χ4v) is 4.91. The molecule has 8 heteroatoms. The molecular formula is C21H25ClN2O4S. The normalized spacial score (nSPS) is 16.2. The molecule has 0 unspecified atom stereocenters.